The van der Waals surface area contributed by atoms with E-state index in [9.17, 15) is 8.42 Å². The average Bonchev–Trinajstić information content (AvgIpc) is 2.69. The highest BCUT2D eigenvalue weighted by Gasteiger charge is 2.31. The molecule has 1 fully saturated rings. The van der Waals surface area contributed by atoms with Gasteiger partial charge in [-0.25, -0.2) is 8.42 Å². The van der Waals surface area contributed by atoms with Crippen molar-refractivity contribution in [2.75, 3.05) is 18.1 Å². The summed E-state index contributed by atoms with van der Waals surface area (Å²) in [5.74, 6) is 0.659. The van der Waals surface area contributed by atoms with Crippen LogP contribution in [0.2, 0.25) is 0 Å². The minimum Gasteiger partial charge on any atom is -0.295 e. The molecule has 1 heterocycles. The Kier molecular flexibility index (Phi) is 4.45. The summed E-state index contributed by atoms with van der Waals surface area (Å²) in [6.07, 6.45) is 0.771. The van der Waals surface area contributed by atoms with E-state index in [0.29, 0.717) is 11.5 Å². The smallest absolute Gasteiger partial charge is 0.151 e. The molecule has 0 radical (unpaired) electrons. The first kappa shape index (κ1) is 14.0. The van der Waals surface area contributed by atoms with Gasteiger partial charge in [0.2, 0.25) is 0 Å². The third-order valence-corrected chi connectivity index (χ3v) is 5.71. The van der Waals surface area contributed by atoms with Gasteiger partial charge in [0.25, 0.3) is 0 Å². The van der Waals surface area contributed by atoms with Crippen molar-refractivity contribution >= 4 is 25.8 Å². The van der Waals surface area contributed by atoms with Gasteiger partial charge in [0.05, 0.1) is 11.5 Å². The molecule has 1 aromatic carbocycles. The van der Waals surface area contributed by atoms with Crippen molar-refractivity contribution in [3.8, 4) is 0 Å². The molecule has 0 saturated carbocycles. The Morgan fingerprint density at radius 1 is 1.33 bits per heavy atom. The molecule has 0 spiro atoms. The molecule has 0 N–H and O–H groups in total. The molecule has 5 heteroatoms. The summed E-state index contributed by atoms with van der Waals surface area (Å²) in [5, 5.41) is 0. The van der Waals surface area contributed by atoms with Gasteiger partial charge < -0.3 is 0 Å². The van der Waals surface area contributed by atoms with Crippen molar-refractivity contribution in [3.63, 3.8) is 0 Å². The number of hydrogen-bond acceptors (Lipinski definition) is 3. The van der Waals surface area contributed by atoms with E-state index in [1.165, 1.54) is 5.56 Å². The van der Waals surface area contributed by atoms with E-state index in [1.807, 2.05) is 12.1 Å². The van der Waals surface area contributed by atoms with Crippen LogP contribution in [0, 0.1) is 0 Å². The first-order valence-corrected chi connectivity index (χ1v) is 8.80. The van der Waals surface area contributed by atoms with Gasteiger partial charge in [0.15, 0.2) is 9.84 Å². The molecular weight excluding hydrogens is 314 g/mol. The molecule has 18 heavy (non-hydrogen) atoms. The quantitative estimate of drug-likeness (QED) is 0.850. The van der Waals surface area contributed by atoms with Gasteiger partial charge in [-0.15, -0.1) is 0 Å². The first-order chi connectivity index (χ1) is 8.50. The van der Waals surface area contributed by atoms with Gasteiger partial charge in [-0.05, 0) is 30.7 Å². The van der Waals surface area contributed by atoms with Crippen LogP contribution in [0.15, 0.2) is 28.7 Å². The summed E-state index contributed by atoms with van der Waals surface area (Å²) in [6.45, 7) is 3.80. The van der Waals surface area contributed by atoms with E-state index in [0.717, 1.165) is 24.0 Å². The van der Waals surface area contributed by atoms with Gasteiger partial charge >= 0.3 is 0 Å². The number of sulfone groups is 1. The van der Waals surface area contributed by atoms with Crippen LogP contribution in [0.25, 0.3) is 0 Å². The molecule has 100 valence electrons. The SMILES string of the molecule is CCN(Cc1ccc(Br)cc1)C1CCS(=O)(=O)C1. The normalized spacial score (nSPS) is 22.5. The van der Waals surface area contributed by atoms with Crippen LogP contribution in [0.1, 0.15) is 18.9 Å². The van der Waals surface area contributed by atoms with Crippen LogP contribution >= 0.6 is 15.9 Å². The van der Waals surface area contributed by atoms with E-state index >= 15 is 0 Å². The summed E-state index contributed by atoms with van der Waals surface area (Å²) in [5.41, 5.74) is 1.23. The highest BCUT2D eigenvalue weighted by molar-refractivity contribution is 9.10. The standard InChI is InChI=1S/C13H18BrNO2S/c1-2-15(13-7-8-18(16,17)10-13)9-11-3-5-12(14)6-4-11/h3-6,13H,2,7-10H2,1H3. The second-order valence-corrected chi connectivity index (χ2v) is 7.89. The summed E-state index contributed by atoms with van der Waals surface area (Å²) in [6, 6.07) is 8.39. The minimum absolute atomic E-state index is 0.184. The van der Waals surface area contributed by atoms with Gasteiger partial charge in [0, 0.05) is 17.1 Å². The fourth-order valence-corrected chi connectivity index (χ4v) is 4.41. The molecule has 0 amide bonds. The lowest BCUT2D eigenvalue weighted by Gasteiger charge is -2.26. The molecule has 1 aliphatic heterocycles. The van der Waals surface area contributed by atoms with E-state index in [1.54, 1.807) is 0 Å². The largest absolute Gasteiger partial charge is 0.295 e. The Balaban J connectivity index is 2.04. The van der Waals surface area contributed by atoms with Gasteiger partial charge in [-0.1, -0.05) is 35.0 Å². The lowest BCUT2D eigenvalue weighted by Crippen LogP contribution is -2.35. The topological polar surface area (TPSA) is 37.4 Å². The van der Waals surface area contributed by atoms with Crippen molar-refractivity contribution < 1.29 is 8.42 Å². The predicted octanol–water partition coefficient (Wildman–Crippen LogP) is 2.46. The molecule has 2 rings (SSSR count). The number of nitrogens with zero attached hydrogens (tertiary/aromatic N) is 1. The second kappa shape index (κ2) is 5.72. The molecule has 1 atom stereocenters. The van der Waals surface area contributed by atoms with Crippen molar-refractivity contribution in [2.45, 2.75) is 25.9 Å². The van der Waals surface area contributed by atoms with Crippen molar-refractivity contribution in [2.24, 2.45) is 0 Å². The summed E-state index contributed by atoms with van der Waals surface area (Å²) in [7, 11) is -2.80. The van der Waals surface area contributed by atoms with E-state index in [-0.39, 0.29) is 6.04 Å². The van der Waals surface area contributed by atoms with Crippen LogP contribution < -0.4 is 0 Å². The number of benzene rings is 1. The Morgan fingerprint density at radius 3 is 2.50 bits per heavy atom. The Bertz CT molecular complexity index is 498. The van der Waals surface area contributed by atoms with Gasteiger partial charge in [0.1, 0.15) is 0 Å². The van der Waals surface area contributed by atoms with Crippen molar-refractivity contribution in [1.29, 1.82) is 0 Å². The van der Waals surface area contributed by atoms with Gasteiger partial charge in [-0.3, -0.25) is 4.90 Å². The Morgan fingerprint density at radius 2 is 2.00 bits per heavy atom. The molecule has 0 aliphatic carbocycles. The summed E-state index contributed by atoms with van der Waals surface area (Å²) < 4.78 is 24.1. The first-order valence-electron chi connectivity index (χ1n) is 6.19. The van der Waals surface area contributed by atoms with Crippen LogP contribution in [0.4, 0.5) is 0 Å². The fraction of sp³-hybridized carbons (Fsp3) is 0.538. The predicted molar refractivity (Wildman–Crippen MR) is 77.3 cm³/mol. The van der Waals surface area contributed by atoms with Crippen molar-refractivity contribution in [3.05, 3.63) is 34.3 Å². The lowest BCUT2D eigenvalue weighted by atomic mass is 10.1. The highest BCUT2D eigenvalue weighted by Crippen LogP contribution is 2.20. The zero-order chi connectivity index (χ0) is 13.2. The maximum Gasteiger partial charge on any atom is 0.151 e. The lowest BCUT2D eigenvalue weighted by molar-refractivity contribution is 0.215. The maximum atomic E-state index is 11.5. The molecule has 1 aromatic rings. The molecule has 3 nitrogen and oxygen atoms in total. The number of hydrogen-bond donors (Lipinski definition) is 0. The zero-order valence-electron chi connectivity index (χ0n) is 10.5. The Labute approximate surface area is 117 Å². The monoisotopic (exact) mass is 331 g/mol. The average molecular weight is 332 g/mol. The fourth-order valence-electron chi connectivity index (χ4n) is 2.39. The van der Waals surface area contributed by atoms with Crippen molar-refractivity contribution in [1.82, 2.24) is 4.90 Å². The Hall–Kier alpha value is -0.390. The second-order valence-electron chi connectivity index (χ2n) is 4.75. The molecule has 1 aliphatic rings. The third kappa shape index (κ3) is 3.56. The summed E-state index contributed by atoms with van der Waals surface area (Å²) >= 11 is 3.42. The molecule has 0 aromatic heterocycles. The van der Waals surface area contributed by atoms with Crippen LogP contribution in [0.5, 0.6) is 0 Å². The van der Waals surface area contributed by atoms with E-state index < -0.39 is 9.84 Å². The molecular formula is C13H18BrNO2S. The molecule has 0 bridgehead atoms. The molecule has 1 unspecified atom stereocenters. The highest BCUT2D eigenvalue weighted by atomic mass is 79.9. The third-order valence-electron chi connectivity index (χ3n) is 3.43. The van der Waals surface area contributed by atoms with E-state index in [2.05, 4.69) is 39.9 Å². The van der Waals surface area contributed by atoms with Crippen LogP contribution in [0.3, 0.4) is 0 Å². The number of rotatable bonds is 4. The van der Waals surface area contributed by atoms with Crippen LogP contribution in [-0.2, 0) is 16.4 Å². The molecule has 1 saturated heterocycles. The number of halogens is 1. The van der Waals surface area contributed by atoms with E-state index in [4.69, 9.17) is 0 Å². The maximum absolute atomic E-state index is 11.5. The zero-order valence-corrected chi connectivity index (χ0v) is 12.9. The summed E-state index contributed by atoms with van der Waals surface area (Å²) in [4.78, 5) is 2.26. The minimum atomic E-state index is -2.80. The van der Waals surface area contributed by atoms with Crippen LogP contribution in [-0.4, -0.2) is 37.4 Å². The van der Waals surface area contributed by atoms with Gasteiger partial charge in [-0.2, -0.15) is 0 Å².